The van der Waals surface area contributed by atoms with Gasteiger partial charge < -0.3 is 21.5 Å². The highest BCUT2D eigenvalue weighted by Gasteiger charge is 2.20. The first-order valence-electron chi connectivity index (χ1n) is 6.18. The summed E-state index contributed by atoms with van der Waals surface area (Å²) in [6.45, 7) is 2.15. The number of nitrogens with one attached hydrogen (secondary N) is 1. The van der Waals surface area contributed by atoms with Gasteiger partial charge in [-0.15, -0.1) is 0 Å². The lowest BCUT2D eigenvalue weighted by Gasteiger charge is -2.10. The molecule has 5 heteroatoms. The monoisotopic (exact) mass is 249 g/mol. The van der Waals surface area contributed by atoms with Crippen LogP contribution in [0.4, 0.5) is 11.4 Å². The number of carbonyl (C=O) groups is 1. The number of hydrogen-bond acceptors (Lipinski definition) is 4. The van der Waals surface area contributed by atoms with E-state index < -0.39 is 5.91 Å². The first kappa shape index (κ1) is 12.7. The van der Waals surface area contributed by atoms with E-state index in [4.69, 9.17) is 16.2 Å². The molecule has 1 saturated carbocycles. The van der Waals surface area contributed by atoms with Gasteiger partial charge in [-0.2, -0.15) is 0 Å². The Hall–Kier alpha value is -1.75. The lowest BCUT2D eigenvalue weighted by atomic mass is 10.1. The molecule has 0 heterocycles. The van der Waals surface area contributed by atoms with Gasteiger partial charge in [0.05, 0.1) is 18.0 Å². The van der Waals surface area contributed by atoms with Crippen molar-refractivity contribution in [2.24, 2.45) is 11.7 Å². The number of ether oxygens (including phenoxy) is 1. The highest BCUT2D eigenvalue weighted by Crippen LogP contribution is 2.28. The molecule has 1 aliphatic carbocycles. The van der Waals surface area contributed by atoms with E-state index in [-0.39, 0.29) is 0 Å². The number of primary amides is 1. The summed E-state index contributed by atoms with van der Waals surface area (Å²) in [5.74, 6) is 0.316. The van der Waals surface area contributed by atoms with Crippen LogP contribution in [-0.2, 0) is 4.74 Å². The molecular formula is C13H19N3O2. The molecule has 0 atom stereocenters. The van der Waals surface area contributed by atoms with Crippen LogP contribution in [-0.4, -0.2) is 25.7 Å². The average Bonchev–Trinajstić information content (AvgIpc) is 3.14. The van der Waals surface area contributed by atoms with E-state index in [2.05, 4.69) is 5.32 Å². The van der Waals surface area contributed by atoms with Crippen molar-refractivity contribution in [1.29, 1.82) is 0 Å². The van der Waals surface area contributed by atoms with Gasteiger partial charge in [0, 0.05) is 18.7 Å². The van der Waals surface area contributed by atoms with E-state index in [9.17, 15) is 4.79 Å². The van der Waals surface area contributed by atoms with Crippen molar-refractivity contribution >= 4 is 17.3 Å². The van der Waals surface area contributed by atoms with E-state index in [1.54, 1.807) is 18.2 Å². The minimum absolute atomic E-state index is 0.450. The Labute approximate surface area is 106 Å². The Morgan fingerprint density at radius 1 is 1.44 bits per heavy atom. The second-order valence-corrected chi connectivity index (χ2v) is 4.61. The molecule has 2 rings (SSSR count). The maximum atomic E-state index is 11.1. The molecule has 0 aromatic heterocycles. The minimum Gasteiger partial charge on any atom is -0.397 e. The standard InChI is InChI=1S/C13H19N3O2/c14-11-4-3-10(13(15)17)7-12(11)16-5-6-18-8-9-1-2-9/h3-4,7,9,16H,1-2,5-6,8,14H2,(H2,15,17). The van der Waals surface area contributed by atoms with Gasteiger partial charge in [-0.1, -0.05) is 0 Å². The number of benzene rings is 1. The van der Waals surface area contributed by atoms with Crippen LogP contribution in [0.3, 0.4) is 0 Å². The number of amides is 1. The molecule has 0 aliphatic heterocycles. The molecule has 5 nitrogen and oxygen atoms in total. The van der Waals surface area contributed by atoms with Gasteiger partial charge in [-0.3, -0.25) is 4.79 Å². The molecular weight excluding hydrogens is 230 g/mol. The molecule has 0 saturated heterocycles. The number of rotatable bonds is 7. The van der Waals surface area contributed by atoms with Gasteiger partial charge in [0.25, 0.3) is 0 Å². The lowest BCUT2D eigenvalue weighted by Crippen LogP contribution is -2.14. The Bertz CT molecular complexity index is 430. The molecule has 0 spiro atoms. The number of carbonyl (C=O) groups excluding carboxylic acids is 1. The Morgan fingerprint density at radius 3 is 2.89 bits per heavy atom. The van der Waals surface area contributed by atoms with E-state index >= 15 is 0 Å². The van der Waals surface area contributed by atoms with Gasteiger partial charge in [0.1, 0.15) is 0 Å². The summed E-state index contributed by atoms with van der Waals surface area (Å²) in [4.78, 5) is 11.1. The summed E-state index contributed by atoms with van der Waals surface area (Å²) < 4.78 is 5.50. The van der Waals surface area contributed by atoms with Gasteiger partial charge in [0.15, 0.2) is 0 Å². The van der Waals surface area contributed by atoms with Crippen molar-refractivity contribution in [3.05, 3.63) is 23.8 Å². The molecule has 0 bridgehead atoms. The molecule has 1 aromatic rings. The molecule has 98 valence electrons. The van der Waals surface area contributed by atoms with Crippen LogP contribution in [0.5, 0.6) is 0 Å². The van der Waals surface area contributed by atoms with Crippen molar-refractivity contribution in [2.75, 3.05) is 30.8 Å². The SMILES string of the molecule is NC(=O)c1ccc(N)c(NCCOCC2CC2)c1. The highest BCUT2D eigenvalue weighted by molar-refractivity contribution is 5.94. The minimum atomic E-state index is -0.456. The van der Waals surface area contributed by atoms with Gasteiger partial charge in [-0.25, -0.2) is 0 Å². The van der Waals surface area contributed by atoms with Crippen LogP contribution < -0.4 is 16.8 Å². The molecule has 1 fully saturated rings. The van der Waals surface area contributed by atoms with Crippen molar-refractivity contribution < 1.29 is 9.53 Å². The predicted octanol–water partition coefficient (Wildman–Crippen LogP) is 1.21. The van der Waals surface area contributed by atoms with Crippen LogP contribution in [0.1, 0.15) is 23.2 Å². The summed E-state index contributed by atoms with van der Waals surface area (Å²) in [5, 5.41) is 3.14. The normalized spacial score (nSPS) is 14.4. The van der Waals surface area contributed by atoms with Crippen molar-refractivity contribution in [3.8, 4) is 0 Å². The summed E-state index contributed by atoms with van der Waals surface area (Å²) in [5.41, 5.74) is 12.8. The third-order valence-electron chi connectivity index (χ3n) is 2.95. The molecule has 1 aliphatic rings. The Balaban J connectivity index is 1.79. The van der Waals surface area contributed by atoms with Gasteiger partial charge >= 0.3 is 0 Å². The predicted molar refractivity (Wildman–Crippen MR) is 71.4 cm³/mol. The zero-order chi connectivity index (χ0) is 13.0. The smallest absolute Gasteiger partial charge is 0.248 e. The fourth-order valence-corrected chi connectivity index (χ4v) is 1.66. The Morgan fingerprint density at radius 2 is 2.22 bits per heavy atom. The number of nitrogen functional groups attached to an aromatic ring is 1. The topological polar surface area (TPSA) is 90.4 Å². The van der Waals surface area contributed by atoms with E-state index in [0.29, 0.717) is 24.4 Å². The number of anilines is 2. The average molecular weight is 249 g/mol. The van der Waals surface area contributed by atoms with Crippen LogP contribution in [0.2, 0.25) is 0 Å². The zero-order valence-electron chi connectivity index (χ0n) is 10.3. The molecule has 18 heavy (non-hydrogen) atoms. The van der Waals surface area contributed by atoms with Crippen LogP contribution in [0, 0.1) is 5.92 Å². The lowest BCUT2D eigenvalue weighted by molar-refractivity contribution is 0.100. The first-order chi connectivity index (χ1) is 8.66. The summed E-state index contributed by atoms with van der Waals surface area (Å²) in [6, 6.07) is 4.96. The van der Waals surface area contributed by atoms with Crippen molar-refractivity contribution in [1.82, 2.24) is 0 Å². The second kappa shape index (κ2) is 5.73. The van der Waals surface area contributed by atoms with Crippen molar-refractivity contribution in [2.45, 2.75) is 12.8 Å². The van der Waals surface area contributed by atoms with Crippen LogP contribution >= 0.6 is 0 Å². The summed E-state index contributed by atoms with van der Waals surface area (Å²) >= 11 is 0. The molecule has 5 N–H and O–H groups in total. The maximum Gasteiger partial charge on any atom is 0.248 e. The summed E-state index contributed by atoms with van der Waals surface area (Å²) in [6.07, 6.45) is 2.59. The van der Waals surface area contributed by atoms with Gasteiger partial charge in [0.2, 0.25) is 5.91 Å². The fraction of sp³-hybridized carbons (Fsp3) is 0.462. The number of nitrogens with two attached hydrogens (primary N) is 2. The molecule has 0 radical (unpaired) electrons. The molecule has 0 unspecified atom stereocenters. The van der Waals surface area contributed by atoms with Crippen LogP contribution in [0.15, 0.2) is 18.2 Å². The number of hydrogen-bond donors (Lipinski definition) is 3. The third kappa shape index (κ3) is 3.63. The zero-order valence-corrected chi connectivity index (χ0v) is 10.3. The van der Waals surface area contributed by atoms with Crippen molar-refractivity contribution in [3.63, 3.8) is 0 Å². The molecule has 1 amide bonds. The Kier molecular flexibility index (Phi) is 4.04. The van der Waals surface area contributed by atoms with Gasteiger partial charge in [-0.05, 0) is 37.0 Å². The van der Waals surface area contributed by atoms with E-state index in [1.165, 1.54) is 12.8 Å². The second-order valence-electron chi connectivity index (χ2n) is 4.61. The fourth-order valence-electron chi connectivity index (χ4n) is 1.66. The van der Waals surface area contributed by atoms with E-state index in [0.717, 1.165) is 18.2 Å². The first-order valence-corrected chi connectivity index (χ1v) is 6.18. The summed E-state index contributed by atoms with van der Waals surface area (Å²) in [7, 11) is 0. The molecule has 1 aromatic carbocycles. The van der Waals surface area contributed by atoms with Crippen LogP contribution in [0.25, 0.3) is 0 Å². The largest absolute Gasteiger partial charge is 0.397 e. The highest BCUT2D eigenvalue weighted by atomic mass is 16.5. The third-order valence-corrected chi connectivity index (χ3v) is 2.95. The van der Waals surface area contributed by atoms with E-state index in [1.807, 2.05) is 0 Å². The quantitative estimate of drug-likeness (QED) is 0.500. The maximum absolute atomic E-state index is 11.1.